The predicted octanol–water partition coefficient (Wildman–Crippen LogP) is 0.110. The highest BCUT2D eigenvalue weighted by Crippen LogP contribution is 2.44. The fourth-order valence-corrected chi connectivity index (χ4v) is 4.58. The number of hydrogen-bond acceptors (Lipinski definition) is 6. The Hall–Kier alpha value is -2.53. The summed E-state index contributed by atoms with van der Waals surface area (Å²) >= 11 is 0. The van der Waals surface area contributed by atoms with Crippen LogP contribution < -0.4 is 15.8 Å². The van der Waals surface area contributed by atoms with Gasteiger partial charge in [-0.1, -0.05) is 12.1 Å². The molecule has 1 spiro atoms. The van der Waals surface area contributed by atoms with E-state index in [0.717, 1.165) is 37.0 Å². The lowest BCUT2D eigenvalue weighted by atomic mass is 9.61. The maximum atomic E-state index is 12.4. The number of benzene rings is 1. The number of aliphatic hydroxyl groups excluding tert-OH is 1. The Morgan fingerprint density at radius 3 is 2.34 bits per heavy atom. The van der Waals surface area contributed by atoms with Gasteiger partial charge >= 0.3 is 10.2 Å². The van der Waals surface area contributed by atoms with E-state index in [-0.39, 0.29) is 17.6 Å². The van der Waals surface area contributed by atoms with E-state index < -0.39 is 10.2 Å². The monoisotopic (exact) mass is 420 g/mol. The molecule has 156 valence electrons. The minimum Gasteiger partial charge on any atom is -0.400 e. The average Bonchev–Trinajstić information content (AvgIpc) is 3.09. The summed E-state index contributed by atoms with van der Waals surface area (Å²) in [7, 11) is -3.05. The number of nitrogens with two attached hydrogens (primary N) is 1. The predicted molar refractivity (Wildman–Crippen MR) is 108 cm³/mol. The Morgan fingerprint density at radius 2 is 1.86 bits per heavy atom. The molecule has 1 aromatic heterocycles. The molecule has 29 heavy (non-hydrogen) atoms. The first-order chi connectivity index (χ1) is 13.8. The summed E-state index contributed by atoms with van der Waals surface area (Å²) < 4.78 is 23.8. The number of hydrogen-bond donors (Lipinski definition) is 4. The lowest BCUT2D eigenvalue weighted by Crippen LogP contribution is -2.65. The van der Waals surface area contributed by atoms with Gasteiger partial charge in [-0.05, 0) is 42.0 Å². The molecule has 0 atom stereocenters. The molecular formula is C19H24N4O5S. The van der Waals surface area contributed by atoms with Gasteiger partial charge in [0.15, 0.2) is 6.29 Å². The van der Waals surface area contributed by atoms with Crippen molar-refractivity contribution in [3.05, 3.63) is 47.8 Å². The molecule has 2 aliphatic rings. The molecule has 1 aliphatic carbocycles. The molecule has 9 nitrogen and oxygen atoms in total. The van der Waals surface area contributed by atoms with Gasteiger partial charge in [0.05, 0.1) is 0 Å². The first kappa shape index (κ1) is 21.2. The van der Waals surface area contributed by atoms with Crippen molar-refractivity contribution in [3.8, 4) is 11.1 Å². The van der Waals surface area contributed by atoms with Crippen LogP contribution >= 0.6 is 0 Å². The van der Waals surface area contributed by atoms with Crippen molar-refractivity contribution in [2.24, 2.45) is 10.6 Å². The van der Waals surface area contributed by atoms with Crippen molar-refractivity contribution < 1.29 is 23.1 Å². The lowest BCUT2D eigenvalue weighted by molar-refractivity contribution is 0.0232. The van der Waals surface area contributed by atoms with Gasteiger partial charge < -0.3 is 15.7 Å². The number of aromatic nitrogens is 1. The minimum atomic E-state index is -4.05. The molecule has 2 fully saturated rings. The zero-order valence-electron chi connectivity index (χ0n) is 16.0. The van der Waals surface area contributed by atoms with E-state index in [1.165, 1.54) is 12.3 Å². The molecule has 2 aromatic rings. The quantitative estimate of drug-likeness (QED) is 0.506. The summed E-state index contributed by atoms with van der Waals surface area (Å²) in [6.45, 7) is 2.07. The van der Waals surface area contributed by atoms with Gasteiger partial charge in [0.25, 0.3) is 5.91 Å². The number of aldehydes is 1. The van der Waals surface area contributed by atoms with Gasteiger partial charge in [0.1, 0.15) is 5.69 Å². The van der Waals surface area contributed by atoms with Crippen LogP contribution in [0.4, 0.5) is 0 Å². The van der Waals surface area contributed by atoms with Crippen molar-refractivity contribution >= 4 is 22.4 Å². The van der Waals surface area contributed by atoms with Crippen LogP contribution in [0, 0.1) is 5.41 Å². The highest BCUT2D eigenvalue weighted by atomic mass is 32.2. The molecule has 0 radical (unpaired) electrons. The molecule has 1 saturated heterocycles. The summed E-state index contributed by atoms with van der Waals surface area (Å²) in [5.41, 5.74) is 1.92. The van der Waals surface area contributed by atoms with E-state index in [2.05, 4.69) is 10.6 Å². The van der Waals surface area contributed by atoms with Crippen LogP contribution in [-0.2, 0) is 10.2 Å². The van der Waals surface area contributed by atoms with Crippen molar-refractivity contribution in [2.75, 3.05) is 20.2 Å². The topological polar surface area (TPSA) is 144 Å². The molecule has 10 heteroatoms. The van der Waals surface area contributed by atoms with Crippen molar-refractivity contribution in [2.45, 2.75) is 18.9 Å². The smallest absolute Gasteiger partial charge is 0.302 e. The molecule has 4 rings (SSSR count). The van der Waals surface area contributed by atoms with Crippen LogP contribution in [0.1, 0.15) is 33.7 Å². The molecule has 0 unspecified atom stereocenters. The maximum absolute atomic E-state index is 12.4. The zero-order valence-corrected chi connectivity index (χ0v) is 16.8. The SMILES string of the molecule is CO.NS(=O)(=O)n1ccc(-c2ccc(C(=O)NC3CC4(CNC4)C3)cc2)c1C=O. The zero-order chi connectivity index (χ0) is 21.2. The van der Waals surface area contributed by atoms with E-state index in [9.17, 15) is 18.0 Å². The third kappa shape index (κ3) is 4.10. The molecule has 1 saturated carbocycles. The maximum Gasteiger partial charge on any atom is 0.302 e. The number of nitrogens with one attached hydrogen (secondary N) is 2. The van der Waals surface area contributed by atoms with Crippen LogP contribution in [0.3, 0.4) is 0 Å². The fourth-order valence-electron chi connectivity index (χ4n) is 3.93. The van der Waals surface area contributed by atoms with Crippen molar-refractivity contribution in [3.63, 3.8) is 0 Å². The number of carbonyl (C=O) groups is 2. The van der Waals surface area contributed by atoms with Gasteiger partial charge in [0.2, 0.25) is 0 Å². The first-order valence-corrected chi connectivity index (χ1v) is 10.6. The van der Waals surface area contributed by atoms with E-state index >= 15 is 0 Å². The molecule has 1 aliphatic heterocycles. The van der Waals surface area contributed by atoms with Crippen LogP contribution in [0.15, 0.2) is 36.5 Å². The summed E-state index contributed by atoms with van der Waals surface area (Å²) in [4.78, 5) is 23.7. The van der Waals surface area contributed by atoms with Crippen LogP contribution in [0.2, 0.25) is 0 Å². The first-order valence-electron chi connectivity index (χ1n) is 9.08. The summed E-state index contributed by atoms with van der Waals surface area (Å²) in [6, 6.07) is 8.40. The second-order valence-electron chi connectivity index (χ2n) is 7.33. The number of aliphatic hydroxyl groups is 1. The molecule has 1 amide bonds. The van der Waals surface area contributed by atoms with Gasteiger partial charge in [-0.15, -0.1) is 0 Å². The van der Waals surface area contributed by atoms with Gasteiger partial charge in [-0.2, -0.15) is 8.42 Å². The second-order valence-corrected chi connectivity index (χ2v) is 8.76. The molecule has 0 bridgehead atoms. The summed E-state index contributed by atoms with van der Waals surface area (Å²) in [6.07, 6.45) is 3.69. The number of rotatable bonds is 5. The van der Waals surface area contributed by atoms with Crippen LogP contribution in [0.25, 0.3) is 11.1 Å². The van der Waals surface area contributed by atoms with Gasteiger partial charge in [-0.25, -0.2) is 9.11 Å². The third-order valence-electron chi connectivity index (χ3n) is 5.43. The highest BCUT2D eigenvalue weighted by molar-refractivity contribution is 7.87. The normalized spacial score (nSPS) is 17.5. The number of carbonyl (C=O) groups excluding carboxylic acids is 2. The summed E-state index contributed by atoms with van der Waals surface area (Å²) in [5, 5.41) is 18.4. The highest BCUT2D eigenvalue weighted by Gasteiger charge is 2.48. The average molecular weight is 420 g/mol. The van der Waals surface area contributed by atoms with Gasteiger partial charge in [0, 0.05) is 43.6 Å². The molecule has 2 heterocycles. The molecule has 1 aromatic carbocycles. The van der Waals surface area contributed by atoms with E-state index in [1.807, 2.05) is 0 Å². The Bertz CT molecular complexity index is 1000. The van der Waals surface area contributed by atoms with E-state index in [1.54, 1.807) is 24.3 Å². The van der Waals surface area contributed by atoms with Crippen LogP contribution in [0.5, 0.6) is 0 Å². The molecular weight excluding hydrogens is 396 g/mol. The molecule has 5 N–H and O–H groups in total. The van der Waals surface area contributed by atoms with Crippen LogP contribution in [-0.4, -0.2) is 55.9 Å². The Morgan fingerprint density at radius 1 is 1.24 bits per heavy atom. The lowest BCUT2D eigenvalue weighted by Gasteiger charge is -2.54. The largest absolute Gasteiger partial charge is 0.400 e. The summed E-state index contributed by atoms with van der Waals surface area (Å²) in [5.74, 6) is -0.133. The Labute approximate surface area is 169 Å². The Kier molecular flexibility index (Phi) is 5.90. The number of nitrogens with zero attached hydrogens (tertiary/aromatic N) is 1. The van der Waals surface area contributed by atoms with Crippen molar-refractivity contribution in [1.29, 1.82) is 0 Å². The standard InChI is InChI=1S/C18H20N4O4S.CH4O/c19-27(25,26)22-6-5-15(16(22)9-23)12-1-3-13(4-2-12)17(24)21-14-7-18(8-14)10-20-11-18;1-2/h1-6,9,14,20H,7-8,10-11H2,(H,21,24)(H2,19,25,26);2H,1H3. The third-order valence-corrected chi connectivity index (χ3v) is 6.29. The second kappa shape index (κ2) is 8.07. The number of amides is 1. The fraction of sp³-hybridized carbons (Fsp3) is 0.368. The van der Waals surface area contributed by atoms with Crippen molar-refractivity contribution in [1.82, 2.24) is 14.6 Å². The van der Waals surface area contributed by atoms with E-state index in [0.29, 0.717) is 28.4 Å². The van der Waals surface area contributed by atoms with Gasteiger partial charge in [-0.3, -0.25) is 9.59 Å². The van der Waals surface area contributed by atoms with E-state index in [4.69, 9.17) is 10.2 Å². The minimum absolute atomic E-state index is 0.0522. The Balaban J connectivity index is 0.00000117.